The van der Waals surface area contributed by atoms with Gasteiger partial charge < -0.3 is 10.6 Å². The number of carbonyl (C=O) groups excluding carboxylic acids is 2. The van der Waals surface area contributed by atoms with Crippen molar-refractivity contribution in [2.24, 2.45) is 0 Å². The number of rotatable bonds is 6. The summed E-state index contributed by atoms with van der Waals surface area (Å²) < 4.78 is 0. The van der Waals surface area contributed by atoms with E-state index in [1.807, 2.05) is 18.2 Å². The quantitative estimate of drug-likeness (QED) is 0.470. The SMILES string of the molecule is O=C(NCCCCl)C(=O)NC1CCN(Cc2ccccc2)CC1. The Bertz CT molecular complexity index is 502. The summed E-state index contributed by atoms with van der Waals surface area (Å²) in [7, 11) is 0. The molecule has 0 bridgehead atoms. The maximum absolute atomic E-state index is 11.8. The Kier molecular flexibility index (Phi) is 7.36. The predicted octanol–water partition coefficient (Wildman–Crippen LogP) is 1.51. The Morgan fingerprint density at radius 1 is 1.13 bits per heavy atom. The average Bonchev–Trinajstić information content (AvgIpc) is 2.57. The van der Waals surface area contributed by atoms with Crippen molar-refractivity contribution in [3.63, 3.8) is 0 Å². The van der Waals surface area contributed by atoms with E-state index in [-0.39, 0.29) is 6.04 Å². The molecule has 0 aromatic heterocycles. The Morgan fingerprint density at radius 3 is 2.48 bits per heavy atom. The first kappa shape index (κ1) is 17.8. The highest BCUT2D eigenvalue weighted by molar-refractivity contribution is 6.35. The van der Waals surface area contributed by atoms with E-state index in [4.69, 9.17) is 11.6 Å². The van der Waals surface area contributed by atoms with Crippen LogP contribution in [0.25, 0.3) is 0 Å². The maximum Gasteiger partial charge on any atom is 0.309 e. The molecule has 1 aromatic rings. The number of alkyl halides is 1. The van der Waals surface area contributed by atoms with E-state index in [2.05, 4.69) is 27.7 Å². The zero-order chi connectivity index (χ0) is 16.5. The molecule has 1 fully saturated rings. The van der Waals surface area contributed by atoms with Crippen LogP contribution in [-0.4, -0.2) is 48.3 Å². The summed E-state index contributed by atoms with van der Waals surface area (Å²) in [4.78, 5) is 25.8. The second kappa shape index (κ2) is 9.53. The van der Waals surface area contributed by atoms with Crippen LogP contribution in [0.4, 0.5) is 0 Å². The lowest BCUT2D eigenvalue weighted by Crippen LogP contribution is -2.49. The van der Waals surface area contributed by atoms with E-state index in [1.165, 1.54) is 5.56 Å². The average molecular weight is 338 g/mol. The zero-order valence-corrected chi connectivity index (χ0v) is 14.0. The fourth-order valence-electron chi connectivity index (χ4n) is 2.68. The van der Waals surface area contributed by atoms with Crippen LogP contribution >= 0.6 is 11.6 Å². The third-order valence-electron chi connectivity index (χ3n) is 3.97. The van der Waals surface area contributed by atoms with Crippen LogP contribution in [0.1, 0.15) is 24.8 Å². The molecule has 1 aliphatic rings. The predicted molar refractivity (Wildman–Crippen MR) is 91.2 cm³/mol. The smallest absolute Gasteiger partial charge is 0.309 e. The van der Waals surface area contributed by atoms with Gasteiger partial charge in [0.25, 0.3) is 0 Å². The van der Waals surface area contributed by atoms with Crippen molar-refractivity contribution in [2.75, 3.05) is 25.5 Å². The fourth-order valence-corrected chi connectivity index (χ4v) is 2.81. The highest BCUT2D eigenvalue weighted by Crippen LogP contribution is 2.13. The van der Waals surface area contributed by atoms with Gasteiger partial charge in [-0.25, -0.2) is 0 Å². The second-order valence-corrected chi connectivity index (χ2v) is 6.19. The highest BCUT2D eigenvalue weighted by atomic mass is 35.5. The number of halogens is 1. The van der Waals surface area contributed by atoms with Gasteiger partial charge >= 0.3 is 11.8 Å². The molecule has 0 atom stereocenters. The Labute approximate surface area is 142 Å². The zero-order valence-electron chi connectivity index (χ0n) is 13.3. The van der Waals surface area contributed by atoms with Gasteiger partial charge in [-0.3, -0.25) is 14.5 Å². The van der Waals surface area contributed by atoms with Gasteiger partial charge in [0.15, 0.2) is 0 Å². The molecule has 1 heterocycles. The lowest BCUT2D eigenvalue weighted by molar-refractivity contribution is -0.139. The van der Waals surface area contributed by atoms with Crippen LogP contribution in [0, 0.1) is 0 Å². The molecule has 6 heteroatoms. The van der Waals surface area contributed by atoms with Crippen LogP contribution in [0.15, 0.2) is 30.3 Å². The summed E-state index contributed by atoms with van der Waals surface area (Å²) >= 11 is 5.54. The molecule has 2 amide bonds. The monoisotopic (exact) mass is 337 g/mol. The Morgan fingerprint density at radius 2 is 1.83 bits per heavy atom. The van der Waals surface area contributed by atoms with Crippen molar-refractivity contribution in [2.45, 2.75) is 31.8 Å². The van der Waals surface area contributed by atoms with Gasteiger partial charge in [0, 0.05) is 38.1 Å². The molecule has 1 aromatic carbocycles. The van der Waals surface area contributed by atoms with Crippen LogP contribution in [0.5, 0.6) is 0 Å². The van der Waals surface area contributed by atoms with Crippen LogP contribution < -0.4 is 10.6 Å². The molecular weight excluding hydrogens is 314 g/mol. The standard InChI is InChI=1S/C17H24ClN3O2/c18-9-4-10-19-16(22)17(23)20-15-7-11-21(12-8-15)13-14-5-2-1-3-6-14/h1-3,5-6,15H,4,7-13H2,(H,19,22)(H,20,23). The number of hydrogen-bond donors (Lipinski definition) is 2. The number of hydrogen-bond acceptors (Lipinski definition) is 3. The van der Waals surface area contributed by atoms with Crippen molar-refractivity contribution in [3.05, 3.63) is 35.9 Å². The summed E-state index contributed by atoms with van der Waals surface area (Å²) in [6.45, 7) is 3.22. The molecule has 0 spiro atoms. The van der Waals surface area contributed by atoms with Crippen molar-refractivity contribution < 1.29 is 9.59 Å². The first-order chi connectivity index (χ1) is 11.2. The molecule has 0 unspecified atom stereocenters. The van der Waals surface area contributed by atoms with Gasteiger partial charge in [-0.15, -0.1) is 11.6 Å². The van der Waals surface area contributed by atoms with Crippen LogP contribution in [-0.2, 0) is 16.1 Å². The number of nitrogens with zero attached hydrogens (tertiary/aromatic N) is 1. The van der Waals surface area contributed by atoms with E-state index < -0.39 is 11.8 Å². The van der Waals surface area contributed by atoms with Gasteiger partial charge in [0.1, 0.15) is 0 Å². The third-order valence-corrected chi connectivity index (χ3v) is 4.24. The van der Waals surface area contributed by atoms with Gasteiger partial charge in [-0.1, -0.05) is 30.3 Å². The number of piperidine rings is 1. The minimum Gasteiger partial charge on any atom is -0.348 e. The van der Waals surface area contributed by atoms with E-state index in [0.29, 0.717) is 18.8 Å². The lowest BCUT2D eigenvalue weighted by Gasteiger charge is -2.32. The Hall–Kier alpha value is -1.59. The van der Waals surface area contributed by atoms with Gasteiger partial charge in [0.05, 0.1) is 0 Å². The van der Waals surface area contributed by atoms with Gasteiger partial charge in [-0.05, 0) is 24.8 Å². The molecular formula is C17H24ClN3O2. The fraction of sp³-hybridized carbons (Fsp3) is 0.529. The molecule has 23 heavy (non-hydrogen) atoms. The van der Waals surface area contributed by atoms with E-state index in [1.54, 1.807) is 0 Å². The molecule has 0 radical (unpaired) electrons. The number of carbonyl (C=O) groups is 2. The molecule has 5 nitrogen and oxygen atoms in total. The topological polar surface area (TPSA) is 61.4 Å². The highest BCUT2D eigenvalue weighted by Gasteiger charge is 2.23. The molecule has 1 aliphatic heterocycles. The molecule has 2 N–H and O–H groups in total. The van der Waals surface area contributed by atoms with Crippen molar-refractivity contribution in [1.29, 1.82) is 0 Å². The first-order valence-electron chi connectivity index (χ1n) is 8.10. The summed E-state index contributed by atoms with van der Waals surface area (Å²) in [6.07, 6.45) is 2.40. The molecule has 1 saturated heterocycles. The van der Waals surface area contributed by atoms with E-state index in [0.717, 1.165) is 32.5 Å². The van der Waals surface area contributed by atoms with Crippen molar-refractivity contribution in [3.8, 4) is 0 Å². The van der Waals surface area contributed by atoms with Crippen molar-refractivity contribution >= 4 is 23.4 Å². The molecule has 0 aliphatic carbocycles. The number of amides is 2. The minimum absolute atomic E-state index is 0.0771. The largest absolute Gasteiger partial charge is 0.348 e. The lowest BCUT2D eigenvalue weighted by atomic mass is 10.0. The normalized spacial score (nSPS) is 16.0. The number of likely N-dealkylation sites (tertiary alicyclic amines) is 1. The summed E-state index contributed by atoms with van der Waals surface area (Å²) in [5.41, 5.74) is 1.30. The molecule has 2 rings (SSSR count). The van der Waals surface area contributed by atoms with E-state index >= 15 is 0 Å². The number of nitrogens with one attached hydrogen (secondary N) is 2. The maximum atomic E-state index is 11.8. The number of benzene rings is 1. The Balaban J connectivity index is 1.68. The van der Waals surface area contributed by atoms with Crippen molar-refractivity contribution in [1.82, 2.24) is 15.5 Å². The van der Waals surface area contributed by atoms with Gasteiger partial charge in [0.2, 0.25) is 0 Å². The summed E-state index contributed by atoms with van der Waals surface area (Å²) in [6, 6.07) is 10.4. The third kappa shape index (κ3) is 6.20. The second-order valence-electron chi connectivity index (χ2n) is 5.81. The van der Waals surface area contributed by atoms with Crippen LogP contribution in [0.3, 0.4) is 0 Å². The van der Waals surface area contributed by atoms with Crippen LogP contribution in [0.2, 0.25) is 0 Å². The summed E-state index contributed by atoms with van der Waals surface area (Å²) in [5.74, 6) is -0.634. The van der Waals surface area contributed by atoms with Gasteiger partial charge in [-0.2, -0.15) is 0 Å². The minimum atomic E-state index is -0.568. The molecule has 0 saturated carbocycles. The summed E-state index contributed by atoms with van der Waals surface area (Å²) in [5, 5.41) is 5.39. The molecule has 126 valence electrons. The first-order valence-corrected chi connectivity index (χ1v) is 8.63. The van der Waals surface area contributed by atoms with E-state index in [9.17, 15) is 9.59 Å².